The Kier molecular flexibility index (Phi) is 2.98. The molecule has 0 unspecified atom stereocenters. The van der Waals surface area contributed by atoms with Crippen LogP contribution in [-0.4, -0.2) is 26.1 Å². The van der Waals surface area contributed by atoms with E-state index in [0.717, 1.165) is 24.9 Å². The zero-order valence-corrected chi connectivity index (χ0v) is 10.8. The number of carboxylic acid groups (broad SMARTS) is 1. The second-order valence-electron chi connectivity index (χ2n) is 4.64. The number of hydrogen-bond acceptors (Lipinski definition) is 3. The molecule has 0 radical (unpaired) electrons. The SMILES string of the molecule is O=C(O)c1nnn(-c2ccc(Cl)cc2)c1C1CCC1. The Labute approximate surface area is 114 Å². The number of benzene rings is 1. The number of carboxylic acids is 1. The van der Waals surface area contributed by atoms with Gasteiger partial charge in [-0.2, -0.15) is 0 Å². The molecule has 1 saturated carbocycles. The Morgan fingerprint density at radius 2 is 2.00 bits per heavy atom. The fraction of sp³-hybridized carbons (Fsp3) is 0.308. The smallest absolute Gasteiger partial charge is 0.358 e. The normalized spacial score (nSPS) is 15.2. The van der Waals surface area contributed by atoms with Crippen LogP contribution in [0.15, 0.2) is 24.3 Å². The fourth-order valence-electron chi connectivity index (χ4n) is 2.26. The summed E-state index contributed by atoms with van der Waals surface area (Å²) in [4.78, 5) is 11.2. The lowest BCUT2D eigenvalue weighted by Gasteiger charge is -2.26. The van der Waals surface area contributed by atoms with E-state index in [2.05, 4.69) is 10.3 Å². The fourth-order valence-corrected chi connectivity index (χ4v) is 2.39. The molecule has 3 rings (SSSR count). The van der Waals surface area contributed by atoms with Gasteiger partial charge in [0.1, 0.15) is 0 Å². The third-order valence-corrected chi connectivity index (χ3v) is 3.72. The molecule has 0 aliphatic heterocycles. The summed E-state index contributed by atoms with van der Waals surface area (Å²) in [7, 11) is 0. The van der Waals surface area contributed by atoms with E-state index in [9.17, 15) is 9.90 Å². The Morgan fingerprint density at radius 1 is 1.32 bits per heavy atom. The maximum absolute atomic E-state index is 11.2. The van der Waals surface area contributed by atoms with Crippen molar-refractivity contribution in [2.75, 3.05) is 0 Å². The van der Waals surface area contributed by atoms with E-state index >= 15 is 0 Å². The summed E-state index contributed by atoms with van der Waals surface area (Å²) < 4.78 is 1.61. The largest absolute Gasteiger partial charge is 0.476 e. The Hall–Kier alpha value is -1.88. The molecule has 2 aromatic rings. The molecule has 1 heterocycles. The summed E-state index contributed by atoms with van der Waals surface area (Å²) in [6.45, 7) is 0. The van der Waals surface area contributed by atoms with E-state index in [1.54, 1.807) is 16.8 Å². The zero-order chi connectivity index (χ0) is 13.4. The second-order valence-corrected chi connectivity index (χ2v) is 5.08. The van der Waals surface area contributed by atoms with Crippen LogP contribution < -0.4 is 0 Å². The number of rotatable bonds is 3. The molecule has 0 amide bonds. The molecular weight excluding hydrogens is 266 g/mol. The first-order valence-electron chi connectivity index (χ1n) is 6.11. The molecule has 1 N–H and O–H groups in total. The summed E-state index contributed by atoms with van der Waals surface area (Å²) in [5.41, 5.74) is 1.53. The van der Waals surface area contributed by atoms with Gasteiger partial charge in [0.25, 0.3) is 0 Å². The Morgan fingerprint density at radius 3 is 2.53 bits per heavy atom. The van der Waals surface area contributed by atoms with Crippen LogP contribution in [0, 0.1) is 0 Å². The summed E-state index contributed by atoms with van der Waals surface area (Å²) in [5, 5.41) is 17.6. The minimum atomic E-state index is -1.03. The summed E-state index contributed by atoms with van der Waals surface area (Å²) in [6, 6.07) is 7.13. The molecule has 6 heteroatoms. The molecule has 1 aromatic carbocycles. The van der Waals surface area contributed by atoms with Gasteiger partial charge in [0, 0.05) is 10.9 Å². The van der Waals surface area contributed by atoms with Gasteiger partial charge in [-0.25, -0.2) is 9.48 Å². The predicted molar refractivity (Wildman–Crippen MR) is 69.9 cm³/mol. The highest BCUT2D eigenvalue weighted by Crippen LogP contribution is 2.38. The molecule has 0 bridgehead atoms. The number of nitrogens with zero attached hydrogens (tertiary/aromatic N) is 3. The van der Waals surface area contributed by atoms with Crippen LogP contribution >= 0.6 is 11.6 Å². The quantitative estimate of drug-likeness (QED) is 0.937. The molecule has 0 atom stereocenters. The highest BCUT2D eigenvalue weighted by atomic mass is 35.5. The third-order valence-electron chi connectivity index (χ3n) is 3.47. The molecule has 98 valence electrons. The number of halogens is 1. The van der Waals surface area contributed by atoms with Crippen LogP contribution in [0.1, 0.15) is 41.4 Å². The highest BCUT2D eigenvalue weighted by molar-refractivity contribution is 6.30. The van der Waals surface area contributed by atoms with Crippen molar-refractivity contribution in [1.29, 1.82) is 0 Å². The van der Waals surface area contributed by atoms with E-state index in [-0.39, 0.29) is 11.6 Å². The van der Waals surface area contributed by atoms with Crippen LogP contribution in [0.25, 0.3) is 5.69 Å². The van der Waals surface area contributed by atoms with Crippen LogP contribution in [0.5, 0.6) is 0 Å². The third kappa shape index (κ3) is 2.10. The van der Waals surface area contributed by atoms with Crippen LogP contribution in [0.2, 0.25) is 5.02 Å². The topological polar surface area (TPSA) is 68.0 Å². The highest BCUT2D eigenvalue weighted by Gasteiger charge is 2.30. The van der Waals surface area contributed by atoms with Gasteiger partial charge in [-0.05, 0) is 37.1 Å². The molecular formula is C13H12ClN3O2. The Bertz CT molecular complexity index is 617. The summed E-state index contributed by atoms with van der Waals surface area (Å²) in [5.74, 6) is -0.793. The van der Waals surface area contributed by atoms with E-state index in [1.165, 1.54) is 0 Å². The number of aromatic nitrogens is 3. The average molecular weight is 278 g/mol. The molecule has 0 saturated heterocycles. The first-order chi connectivity index (χ1) is 9.16. The molecule has 19 heavy (non-hydrogen) atoms. The molecule has 1 aliphatic rings. The summed E-state index contributed by atoms with van der Waals surface area (Å²) >= 11 is 5.86. The van der Waals surface area contributed by atoms with Crippen LogP contribution in [-0.2, 0) is 0 Å². The van der Waals surface area contributed by atoms with Gasteiger partial charge >= 0.3 is 5.97 Å². The van der Waals surface area contributed by atoms with E-state index in [1.807, 2.05) is 12.1 Å². The molecule has 1 aromatic heterocycles. The van der Waals surface area contributed by atoms with Crippen molar-refractivity contribution in [2.45, 2.75) is 25.2 Å². The molecule has 5 nitrogen and oxygen atoms in total. The average Bonchev–Trinajstić information content (AvgIpc) is 2.72. The monoisotopic (exact) mass is 277 g/mol. The van der Waals surface area contributed by atoms with Crippen molar-refractivity contribution in [2.24, 2.45) is 0 Å². The van der Waals surface area contributed by atoms with Gasteiger partial charge in [-0.1, -0.05) is 23.2 Å². The van der Waals surface area contributed by atoms with Gasteiger partial charge in [0.15, 0.2) is 5.69 Å². The molecule has 0 spiro atoms. The van der Waals surface area contributed by atoms with Crippen molar-refractivity contribution >= 4 is 17.6 Å². The van der Waals surface area contributed by atoms with Crippen LogP contribution in [0.4, 0.5) is 0 Å². The van der Waals surface area contributed by atoms with Crippen molar-refractivity contribution in [3.63, 3.8) is 0 Å². The van der Waals surface area contributed by atoms with E-state index in [0.29, 0.717) is 10.7 Å². The van der Waals surface area contributed by atoms with Crippen molar-refractivity contribution in [1.82, 2.24) is 15.0 Å². The van der Waals surface area contributed by atoms with Gasteiger partial charge in [0.2, 0.25) is 0 Å². The van der Waals surface area contributed by atoms with Crippen molar-refractivity contribution < 1.29 is 9.90 Å². The van der Waals surface area contributed by atoms with E-state index in [4.69, 9.17) is 11.6 Å². The zero-order valence-electron chi connectivity index (χ0n) is 10.1. The van der Waals surface area contributed by atoms with E-state index < -0.39 is 5.97 Å². The minimum absolute atomic E-state index is 0.0552. The van der Waals surface area contributed by atoms with Gasteiger partial charge in [-0.3, -0.25) is 0 Å². The summed E-state index contributed by atoms with van der Waals surface area (Å²) in [6.07, 6.45) is 3.10. The number of aromatic carboxylic acids is 1. The van der Waals surface area contributed by atoms with Crippen molar-refractivity contribution in [3.05, 3.63) is 40.7 Å². The Balaban J connectivity index is 2.10. The molecule has 1 fully saturated rings. The lowest BCUT2D eigenvalue weighted by Crippen LogP contribution is -2.17. The standard InChI is InChI=1S/C13H12ClN3O2/c14-9-4-6-10(7-5-9)17-12(8-2-1-3-8)11(13(18)19)15-16-17/h4-8H,1-3H2,(H,18,19). The molecule has 1 aliphatic carbocycles. The first-order valence-corrected chi connectivity index (χ1v) is 6.49. The lowest BCUT2D eigenvalue weighted by molar-refractivity contribution is 0.0687. The van der Waals surface area contributed by atoms with Crippen LogP contribution in [0.3, 0.4) is 0 Å². The minimum Gasteiger partial charge on any atom is -0.476 e. The maximum atomic E-state index is 11.2. The maximum Gasteiger partial charge on any atom is 0.358 e. The second kappa shape index (κ2) is 4.66. The van der Waals surface area contributed by atoms with Gasteiger partial charge in [-0.15, -0.1) is 5.10 Å². The predicted octanol–water partition coefficient (Wildman–Crippen LogP) is 2.89. The lowest BCUT2D eigenvalue weighted by atomic mass is 9.82. The van der Waals surface area contributed by atoms with Gasteiger partial charge in [0.05, 0.1) is 11.4 Å². The number of carbonyl (C=O) groups is 1. The first kappa shape index (κ1) is 12.2. The number of hydrogen-bond donors (Lipinski definition) is 1. The van der Waals surface area contributed by atoms with Crippen molar-refractivity contribution in [3.8, 4) is 5.69 Å². The van der Waals surface area contributed by atoms with Gasteiger partial charge < -0.3 is 5.11 Å².